The summed E-state index contributed by atoms with van der Waals surface area (Å²) in [7, 11) is 0. The van der Waals surface area contributed by atoms with E-state index in [4.69, 9.17) is 0 Å². The van der Waals surface area contributed by atoms with Gasteiger partial charge in [-0.2, -0.15) is 0 Å². The lowest BCUT2D eigenvalue weighted by atomic mass is 9.91. The van der Waals surface area contributed by atoms with E-state index in [1.165, 1.54) is 18.4 Å². The summed E-state index contributed by atoms with van der Waals surface area (Å²) in [5.41, 5.74) is 1.26. The number of hydrogen-bond acceptors (Lipinski definition) is 3. The summed E-state index contributed by atoms with van der Waals surface area (Å²) in [4.78, 5) is 30.1. The van der Waals surface area contributed by atoms with Gasteiger partial charge in [0.25, 0.3) is 0 Å². The predicted octanol–water partition coefficient (Wildman–Crippen LogP) is 3.48. The summed E-state index contributed by atoms with van der Waals surface area (Å²) >= 11 is 0. The van der Waals surface area contributed by atoms with Gasteiger partial charge in [0.15, 0.2) is 0 Å². The molecule has 1 atom stereocenters. The average Bonchev–Trinajstić information content (AvgIpc) is 3.22. The van der Waals surface area contributed by atoms with Crippen molar-refractivity contribution >= 4 is 11.8 Å². The number of piperazine rings is 1. The van der Waals surface area contributed by atoms with E-state index < -0.39 is 0 Å². The summed E-state index contributed by atoms with van der Waals surface area (Å²) in [6.45, 7) is 10.1. The van der Waals surface area contributed by atoms with Gasteiger partial charge in [-0.25, -0.2) is 0 Å². The summed E-state index contributed by atoms with van der Waals surface area (Å²) in [6, 6.07) is 10.3. The lowest BCUT2D eigenvalue weighted by molar-refractivity contribution is -0.136. The Balaban J connectivity index is 1.55. The zero-order valence-electron chi connectivity index (χ0n) is 19.0. The Morgan fingerprint density at radius 3 is 2.27 bits per heavy atom. The standard InChI is InChI=1S/C25H39N3O2/c1-25(2,3)19-22(29)27-15-17-28(18-16-27)23(21-11-7-8-12-21)24(30)26-14-13-20-9-5-4-6-10-20/h4-6,9-10,21,23H,7-8,11-19H2,1-3H3,(H,26,30)/t23-/m1/s1. The maximum Gasteiger partial charge on any atom is 0.237 e. The van der Waals surface area contributed by atoms with Gasteiger partial charge in [-0.1, -0.05) is 63.9 Å². The van der Waals surface area contributed by atoms with Gasteiger partial charge >= 0.3 is 0 Å². The molecular formula is C25H39N3O2. The van der Waals surface area contributed by atoms with E-state index in [-0.39, 0.29) is 23.3 Å². The van der Waals surface area contributed by atoms with Crippen LogP contribution >= 0.6 is 0 Å². The van der Waals surface area contributed by atoms with Gasteiger partial charge in [0.2, 0.25) is 11.8 Å². The quantitative estimate of drug-likeness (QED) is 0.745. The number of carbonyl (C=O) groups excluding carboxylic acids is 2. The average molecular weight is 414 g/mol. The normalized spacial score (nSPS) is 19.6. The van der Waals surface area contributed by atoms with Gasteiger partial charge in [-0.3, -0.25) is 14.5 Å². The molecule has 1 saturated heterocycles. The molecule has 2 aliphatic rings. The van der Waals surface area contributed by atoms with Crippen LogP contribution in [0.25, 0.3) is 0 Å². The molecule has 1 aromatic carbocycles. The van der Waals surface area contributed by atoms with E-state index in [1.807, 2.05) is 23.1 Å². The van der Waals surface area contributed by atoms with Crippen LogP contribution in [0.5, 0.6) is 0 Å². The van der Waals surface area contributed by atoms with E-state index >= 15 is 0 Å². The molecule has 1 N–H and O–H groups in total. The fourth-order valence-electron chi connectivity index (χ4n) is 4.85. The first-order valence-corrected chi connectivity index (χ1v) is 11.7. The molecule has 5 nitrogen and oxygen atoms in total. The Morgan fingerprint density at radius 2 is 1.67 bits per heavy atom. The third-order valence-corrected chi connectivity index (χ3v) is 6.41. The summed E-state index contributed by atoms with van der Waals surface area (Å²) < 4.78 is 0. The Hall–Kier alpha value is -1.88. The minimum absolute atomic E-state index is 0.0131. The fourth-order valence-corrected chi connectivity index (χ4v) is 4.85. The van der Waals surface area contributed by atoms with Crippen LogP contribution in [0.1, 0.15) is 58.4 Å². The van der Waals surface area contributed by atoms with E-state index in [0.29, 0.717) is 18.9 Å². The number of benzene rings is 1. The summed E-state index contributed by atoms with van der Waals surface area (Å²) in [5, 5.41) is 3.21. The number of carbonyl (C=O) groups is 2. The highest BCUT2D eigenvalue weighted by Gasteiger charge is 2.37. The molecule has 166 valence electrons. The molecule has 0 radical (unpaired) electrons. The van der Waals surface area contributed by atoms with Crippen LogP contribution in [0.4, 0.5) is 0 Å². The highest BCUT2D eigenvalue weighted by molar-refractivity contribution is 5.82. The number of nitrogens with one attached hydrogen (secondary N) is 1. The summed E-state index contributed by atoms with van der Waals surface area (Å²) in [5.74, 6) is 0.859. The highest BCUT2D eigenvalue weighted by Crippen LogP contribution is 2.31. The molecular weight excluding hydrogens is 374 g/mol. The molecule has 30 heavy (non-hydrogen) atoms. The van der Waals surface area contributed by atoms with E-state index in [9.17, 15) is 9.59 Å². The monoisotopic (exact) mass is 413 g/mol. The van der Waals surface area contributed by atoms with Crippen LogP contribution in [0.3, 0.4) is 0 Å². The first-order chi connectivity index (χ1) is 14.3. The van der Waals surface area contributed by atoms with E-state index in [2.05, 4.69) is 43.1 Å². The zero-order chi connectivity index (χ0) is 21.6. The molecule has 0 bridgehead atoms. The largest absolute Gasteiger partial charge is 0.354 e. The Kier molecular flexibility index (Phi) is 7.93. The second kappa shape index (κ2) is 10.4. The van der Waals surface area contributed by atoms with Crippen LogP contribution in [-0.4, -0.2) is 60.4 Å². The van der Waals surface area contributed by atoms with Gasteiger partial charge in [0.05, 0.1) is 6.04 Å². The van der Waals surface area contributed by atoms with Crippen molar-refractivity contribution < 1.29 is 9.59 Å². The van der Waals surface area contributed by atoms with Gasteiger partial charge < -0.3 is 10.2 Å². The molecule has 0 aromatic heterocycles. The predicted molar refractivity (Wildman–Crippen MR) is 121 cm³/mol. The molecule has 5 heteroatoms. The first kappa shape index (κ1) is 22.8. The van der Waals surface area contributed by atoms with Crippen molar-refractivity contribution in [2.75, 3.05) is 32.7 Å². The van der Waals surface area contributed by atoms with Crippen molar-refractivity contribution in [2.24, 2.45) is 11.3 Å². The van der Waals surface area contributed by atoms with Crippen molar-refractivity contribution in [2.45, 2.75) is 65.3 Å². The molecule has 1 aliphatic carbocycles. The van der Waals surface area contributed by atoms with Crippen molar-refractivity contribution in [3.63, 3.8) is 0 Å². The number of nitrogens with zero attached hydrogens (tertiary/aromatic N) is 2. The molecule has 0 unspecified atom stereocenters. The number of hydrogen-bond donors (Lipinski definition) is 1. The molecule has 1 aromatic rings. The molecule has 3 rings (SSSR count). The van der Waals surface area contributed by atoms with Gasteiger partial charge in [-0.15, -0.1) is 0 Å². The second-order valence-corrected chi connectivity index (χ2v) is 10.2. The first-order valence-electron chi connectivity index (χ1n) is 11.7. The van der Waals surface area contributed by atoms with Crippen molar-refractivity contribution in [1.29, 1.82) is 0 Å². The van der Waals surface area contributed by atoms with E-state index in [1.54, 1.807) is 0 Å². The lowest BCUT2D eigenvalue weighted by Gasteiger charge is -2.41. The van der Waals surface area contributed by atoms with Crippen molar-refractivity contribution in [3.8, 4) is 0 Å². The zero-order valence-corrected chi connectivity index (χ0v) is 19.0. The highest BCUT2D eigenvalue weighted by atomic mass is 16.2. The minimum Gasteiger partial charge on any atom is -0.354 e. The Labute approximate surface area is 182 Å². The van der Waals surface area contributed by atoms with Crippen LogP contribution in [-0.2, 0) is 16.0 Å². The SMILES string of the molecule is CC(C)(C)CC(=O)N1CCN([C@@H](C(=O)NCCc2ccccc2)C2CCCC2)CC1. The van der Waals surface area contributed by atoms with E-state index in [0.717, 1.165) is 45.4 Å². The molecule has 1 saturated carbocycles. The third-order valence-electron chi connectivity index (χ3n) is 6.41. The maximum atomic E-state index is 13.2. The Bertz CT molecular complexity index is 684. The minimum atomic E-state index is -0.0526. The topological polar surface area (TPSA) is 52.7 Å². The fraction of sp³-hybridized carbons (Fsp3) is 0.680. The lowest BCUT2D eigenvalue weighted by Crippen LogP contribution is -2.58. The van der Waals surface area contributed by atoms with Gasteiger partial charge in [0.1, 0.15) is 0 Å². The molecule has 0 spiro atoms. The number of amides is 2. The van der Waals surface area contributed by atoms with Gasteiger partial charge in [0, 0.05) is 39.1 Å². The number of rotatable bonds is 7. The molecule has 1 heterocycles. The second-order valence-electron chi connectivity index (χ2n) is 10.2. The maximum absolute atomic E-state index is 13.2. The molecule has 1 aliphatic heterocycles. The Morgan fingerprint density at radius 1 is 1.03 bits per heavy atom. The van der Waals surface area contributed by atoms with Crippen LogP contribution in [0.2, 0.25) is 0 Å². The molecule has 2 fully saturated rings. The van der Waals surface area contributed by atoms with Gasteiger partial charge in [-0.05, 0) is 36.2 Å². The van der Waals surface area contributed by atoms with Crippen LogP contribution in [0, 0.1) is 11.3 Å². The van der Waals surface area contributed by atoms with Crippen molar-refractivity contribution in [3.05, 3.63) is 35.9 Å². The molecule has 2 amide bonds. The van der Waals surface area contributed by atoms with Crippen LogP contribution in [0.15, 0.2) is 30.3 Å². The van der Waals surface area contributed by atoms with Crippen LogP contribution < -0.4 is 5.32 Å². The summed E-state index contributed by atoms with van der Waals surface area (Å²) in [6.07, 6.45) is 6.17. The third kappa shape index (κ3) is 6.56. The smallest absolute Gasteiger partial charge is 0.237 e. The van der Waals surface area contributed by atoms with Crippen molar-refractivity contribution in [1.82, 2.24) is 15.1 Å².